The first-order valence-electron chi connectivity index (χ1n) is 5.97. The van der Waals surface area contributed by atoms with Crippen LogP contribution in [0.5, 0.6) is 5.75 Å². The number of benzene rings is 1. The highest BCUT2D eigenvalue weighted by Gasteiger charge is 2.06. The monoisotopic (exact) mass is 288 g/mol. The minimum atomic E-state index is 0.186. The molecule has 0 aliphatic heterocycles. The lowest BCUT2D eigenvalue weighted by Gasteiger charge is -2.07. The van der Waals surface area contributed by atoms with E-state index in [1.807, 2.05) is 18.2 Å². The second kappa shape index (κ2) is 5.44. The Morgan fingerprint density at radius 1 is 1.35 bits per heavy atom. The zero-order chi connectivity index (χ0) is 13.9. The predicted molar refractivity (Wildman–Crippen MR) is 76.7 cm³/mol. The summed E-state index contributed by atoms with van der Waals surface area (Å²) >= 11 is 5.38. The van der Waals surface area contributed by atoms with Gasteiger partial charge in [0.05, 0.1) is 4.51 Å². The van der Waals surface area contributed by atoms with Gasteiger partial charge in [-0.05, 0) is 18.2 Å². The van der Waals surface area contributed by atoms with E-state index in [1.165, 1.54) is 0 Å². The van der Waals surface area contributed by atoms with Crippen molar-refractivity contribution in [3.8, 4) is 11.6 Å². The Morgan fingerprint density at radius 3 is 3.00 bits per heavy atom. The lowest BCUT2D eigenvalue weighted by molar-refractivity contribution is 0.0512. The molecule has 3 aromatic rings. The average molecular weight is 288 g/mol. The van der Waals surface area contributed by atoms with Gasteiger partial charge in [-0.1, -0.05) is 12.2 Å². The van der Waals surface area contributed by atoms with E-state index in [2.05, 4.69) is 5.10 Å². The SMILES string of the molecule is COCOc1ccc2c(=S)cc(-n3cccn3)oc2c1. The molecule has 0 unspecified atom stereocenters. The van der Waals surface area contributed by atoms with E-state index in [0.717, 1.165) is 5.39 Å². The molecule has 2 heterocycles. The molecule has 0 aliphatic rings. The maximum Gasteiger partial charge on any atom is 0.221 e. The van der Waals surface area contributed by atoms with E-state index < -0.39 is 0 Å². The summed E-state index contributed by atoms with van der Waals surface area (Å²) in [5.74, 6) is 1.23. The fourth-order valence-electron chi connectivity index (χ4n) is 1.85. The normalized spacial score (nSPS) is 10.8. The minimum Gasteiger partial charge on any atom is -0.467 e. The molecule has 20 heavy (non-hydrogen) atoms. The third-order valence-electron chi connectivity index (χ3n) is 2.76. The van der Waals surface area contributed by atoms with Gasteiger partial charge in [-0.3, -0.25) is 0 Å². The van der Waals surface area contributed by atoms with Gasteiger partial charge >= 0.3 is 0 Å². The van der Waals surface area contributed by atoms with Crippen LogP contribution in [0.1, 0.15) is 0 Å². The van der Waals surface area contributed by atoms with Crippen LogP contribution >= 0.6 is 12.2 Å². The zero-order valence-electron chi connectivity index (χ0n) is 10.8. The third kappa shape index (κ3) is 2.43. The molecule has 0 radical (unpaired) electrons. The van der Waals surface area contributed by atoms with Gasteiger partial charge in [-0.15, -0.1) is 0 Å². The van der Waals surface area contributed by atoms with Gasteiger partial charge in [0.25, 0.3) is 0 Å². The fraction of sp³-hybridized carbons (Fsp3) is 0.143. The molecule has 1 aromatic carbocycles. The summed E-state index contributed by atoms with van der Waals surface area (Å²) in [6.45, 7) is 0.186. The number of rotatable bonds is 4. The standard InChI is InChI=1S/C14H12N2O3S/c1-17-9-18-10-3-4-11-12(7-10)19-14(8-13(11)20)16-6-2-5-15-16/h2-8H,9H2,1H3. The van der Waals surface area contributed by atoms with Crippen molar-refractivity contribution < 1.29 is 13.9 Å². The Kier molecular flexibility index (Phi) is 3.49. The Balaban J connectivity index is 2.10. The highest BCUT2D eigenvalue weighted by Crippen LogP contribution is 2.24. The minimum absolute atomic E-state index is 0.186. The zero-order valence-corrected chi connectivity index (χ0v) is 11.6. The number of ether oxygens (including phenoxy) is 2. The number of nitrogens with zero attached hydrogens (tertiary/aromatic N) is 2. The lowest BCUT2D eigenvalue weighted by atomic mass is 10.2. The van der Waals surface area contributed by atoms with E-state index in [1.54, 1.807) is 36.3 Å². The summed E-state index contributed by atoms with van der Waals surface area (Å²) in [5.41, 5.74) is 0.650. The molecule has 3 rings (SSSR count). The average Bonchev–Trinajstić information content (AvgIpc) is 2.99. The van der Waals surface area contributed by atoms with E-state index in [4.69, 9.17) is 26.1 Å². The summed E-state index contributed by atoms with van der Waals surface area (Å²) in [6.07, 6.45) is 3.48. The molecule has 0 spiro atoms. The molecule has 0 aliphatic carbocycles. The smallest absolute Gasteiger partial charge is 0.221 e. The molecule has 0 fully saturated rings. The van der Waals surface area contributed by atoms with E-state index in [0.29, 0.717) is 21.7 Å². The van der Waals surface area contributed by atoms with Crippen LogP contribution in [-0.2, 0) is 4.74 Å². The summed E-state index contributed by atoms with van der Waals surface area (Å²) < 4.78 is 18.4. The highest BCUT2D eigenvalue weighted by molar-refractivity contribution is 7.71. The third-order valence-corrected chi connectivity index (χ3v) is 3.10. The molecule has 6 heteroatoms. The Bertz CT molecular complexity index is 781. The van der Waals surface area contributed by atoms with Crippen LogP contribution in [0.25, 0.3) is 16.9 Å². The molecule has 0 amide bonds. The van der Waals surface area contributed by atoms with Gasteiger partial charge in [0, 0.05) is 37.0 Å². The van der Waals surface area contributed by atoms with Crippen LogP contribution in [0.15, 0.2) is 47.1 Å². The summed E-state index contributed by atoms with van der Waals surface area (Å²) in [4.78, 5) is 0. The summed E-state index contributed by atoms with van der Waals surface area (Å²) in [5, 5.41) is 4.99. The van der Waals surface area contributed by atoms with Gasteiger partial charge in [0.1, 0.15) is 11.3 Å². The van der Waals surface area contributed by atoms with Crippen LogP contribution in [0.3, 0.4) is 0 Å². The fourth-order valence-corrected chi connectivity index (χ4v) is 2.12. The maximum absolute atomic E-state index is 5.82. The lowest BCUT2D eigenvalue weighted by Crippen LogP contribution is -1.99. The van der Waals surface area contributed by atoms with E-state index in [-0.39, 0.29) is 6.79 Å². The predicted octanol–water partition coefficient (Wildman–Crippen LogP) is 3.33. The maximum atomic E-state index is 5.82. The van der Waals surface area contributed by atoms with Crippen molar-refractivity contribution in [1.82, 2.24) is 9.78 Å². The van der Waals surface area contributed by atoms with Crippen LogP contribution in [0.2, 0.25) is 0 Å². The van der Waals surface area contributed by atoms with Crippen LogP contribution in [0, 0.1) is 4.51 Å². The molecule has 0 N–H and O–H groups in total. The molecule has 0 saturated carbocycles. The molecule has 0 atom stereocenters. The van der Waals surface area contributed by atoms with Crippen molar-refractivity contribution in [3.05, 3.63) is 47.2 Å². The van der Waals surface area contributed by atoms with Crippen molar-refractivity contribution in [2.75, 3.05) is 13.9 Å². The van der Waals surface area contributed by atoms with Gasteiger partial charge in [-0.2, -0.15) is 5.10 Å². The quantitative estimate of drug-likeness (QED) is 0.544. The van der Waals surface area contributed by atoms with Gasteiger partial charge in [0.15, 0.2) is 6.79 Å². The van der Waals surface area contributed by atoms with Gasteiger partial charge < -0.3 is 13.9 Å². The molecule has 102 valence electrons. The molecule has 0 bridgehead atoms. The Morgan fingerprint density at radius 2 is 2.25 bits per heavy atom. The largest absolute Gasteiger partial charge is 0.467 e. The number of hydrogen-bond acceptors (Lipinski definition) is 5. The highest BCUT2D eigenvalue weighted by atomic mass is 32.1. The van der Waals surface area contributed by atoms with Crippen LogP contribution < -0.4 is 4.74 Å². The second-order valence-electron chi connectivity index (χ2n) is 4.11. The van der Waals surface area contributed by atoms with Gasteiger partial charge in [-0.25, -0.2) is 4.68 Å². The molecule has 2 aromatic heterocycles. The first-order chi connectivity index (χ1) is 9.78. The van der Waals surface area contributed by atoms with Crippen molar-refractivity contribution in [2.45, 2.75) is 0 Å². The van der Waals surface area contributed by atoms with Gasteiger partial charge in [0.2, 0.25) is 5.88 Å². The molecule has 5 nitrogen and oxygen atoms in total. The topological polar surface area (TPSA) is 49.4 Å². The molecular formula is C14H12N2O3S. The van der Waals surface area contributed by atoms with E-state index in [9.17, 15) is 0 Å². The molecular weight excluding hydrogens is 276 g/mol. The Hall–Kier alpha value is -2.18. The van der Waals surface area contributed by atoms with E-state index >= 15 is 0 Å². The van der Waals surface area contributed by atoms with Crippen LogP contribution in [-0.4, -0.2) is 23.7 Å². The Labute approximate surface area is 120 Å². The molecule has 0 saturated heterocycles. The summed E-state index contributed by atoms with van der Waals surface area (Å²) in [7, 11) is 1.57. The van der Waals surface area contributed by atoms with Crippen LogP contribution in [0.4, 0.5) is 0 Å². The first-order valence-corrected chi connectivity index (χ1v) is 6.38. The number of methoxy groups -OCH3 is 1. The van der Waals surface area contributed by atoms with Crippen molar-refractivity contribution in [2.24, 2.45) is 0 Å². The van der Waals surface area contributed by atoms with Crippen molar-refractivity contribution in [3.63, 3.8) is 0 Å². The number of aromatic nitrogens is 2. The number of fused-ring (bicyclic) bond motifs is 1. The van der Waals surface area contributed by atoms with Crippen molar-refractivity contribution in [1.29, 1.82) is 0 Å². The first kappa shape index (κ1) is 12.8. The summed E-state index contributed by atoms with van der Waals surface area (Å²) in [6, 6.07) is 9.09. The van der Waals surface area contributed by atoms with Crippen molar-refractivity contribution >= 4 is 23.2 Å². The second-order valence-corrected chi connectivity index (χ2v) is 4.55. The number of hydrogen-bond donors (Lipinski definition) is 0.